The summed E-state index contributed by atoms with van der Waals surface area (Å²) in [5.74, 6) is 1.90. The minimum atomic E-state index is 0.477. The molecular formula is C21H28N4O. The number of methoxy groups -OCH3 is 1. The number of rotatable bonds is 6. The fourth-order valence-electron chi connectivity index (χ4n) is 3.33. The van der Waals surface area contributed by atoms with E-state index in [0.29, 0.717) is 11.9 Å². The highest BCUT2D eigenvalue weighted by Gasteiger charge is 2.24. The van der Waals surface area contributed by atoms with Crippen LogP contribution in [0.2, 0.25) is 0 Å². The van der Waals surface area contributed by atoms with E-state index in [1.807, 2.05) is 24.3 Å². The number of benzene rings is 2. The van der Waals surface area contributed by atoms with Gasteiger partial charge in [-0.1, -0.05) is 31.2 Å². The van der Waals surface area contributed by atoms with E-state index in [0.717, 1.165) is 49.6 Å². The van der Waals surface area contributed by atoms with Crippen molar-refractivity contribution >= 4 is 17.3 Å². The van der Waals surface area contributed by atoms with E-state index in [1.165, 1.54) is 5.56 Å². The Morgan fingerprint density at radius 1 is 1.23 bits per heavy atom. The maximum Gasteiger partial charge on any atom is 0.193 e. The third kappa shape index (κ3) is 4.48. The van der Waals surface area contributed by atoms with Crippen LogP contribution in [0.25, 0.3) is 0 Å². The second-order valence-corrected chi connectivity index (χ2v) is 6.67. The van der Waals surface area contributed by atoms with Crippen LogP contribution in [0.1, 0.15) is 18.9 Å². The lowest BCUT2D eigenvalue weighted by Crippen LogP contribution is -2.25. The molecule has 5 heteroatoms. The van der Waals surface area contributed by atoms with E-state index in [4.69, 9.17) is 10.5 Å². The Hall–Kier alpha value is -2.69. The highest BCUT2D eigenvalue weighted by atomic mass is 16.5. The minimum Gasteiger partial charge on any atom is -0.495 e. The predicted molar refractivity (Wildman–Crippen MR) is 109 cm³/mol. The van der Waals surface area contributed by atoms with E-state index in [1.54, 1.807) is 7.11 Å². The van der Waals surface area contributed by atoms with Gasteiger partial charge in [0.15, 0.2) is 5.96 Å². The van der Waals surface area contributed by atoms with Gasteiger partial charge < -0.3 is 20.7 Å². The Morgan fingerprint density at radius 2 is 2.00 bits per heavy atom. The van der Waals surface area contributed by atoms with E-state index < -0.39 is 0 Å². The van der Waals surface area contributed by atoms with Gasteiger partial charge in [-0.05, 0) is 48.6 Å². The summed E-state index contributed by atoms with van der Waals surface area (Å²) in [5, 5.41) is 3.17. The molecule has 0 bridgehead atoms. The molecule has 1 fully saturated rings. The smallest absolute Gasteiger partial charge is 0.193 e. The maximum atomic E-state index is 6.05. The monoisotopic (exact) mass is 352 g/mol. The van der Waals surface area contributed by atoms with Crippen molar-refractivity contribution in [1.82, 2.24) is 0 Å². The van der Waals surface area contributed by atoms with E-state index >= 15 is 0 Å². The first kappa shape index (κ1) is 18.1. The van der Waals surface area contributed by atoms with Gasteiger partial charge in [0.2, 0.25) is 0 Å². The summed E-state index contributed by atoms with van der Waals surface area (Å²) in [4.78, 5) is 6.91. The first-order valence-corrected chi connectivity index (χ1v) is 9.23. The van der Waals surface area contributed by atoms with E-state index in [-0.39, 0.29) is 0 Å². The van der Waals surface area contributed by atoms with Gasteiger partial charge >= 0.3 is 0 Å². The molecule has 0 aromatic heterocycles. The first-order valence-electron chi connectivity index (χ1n) is 9.23. The van der Waals surface area contributed by atoms with Crippen LogP contribution in [-0.4, -0.2) is 32.7 Å². The summed E-state index contributed by atoms with van der Waals surface area (Å²) in [7, 11) is 1.72. The van der Waals surface area contributed by atoms with Crippen molar-refractivity contribution in [2.24, 2.45) is 16.6 Å². The number of anilines is 2. The number of nitrogens with one attached hydrogen (secondary N) is 1. The molecule has 1 heterocycles. The van der Waals surface area contributed by atoms with Crippen LogP contribution in [0.3, 0.4) is 0 Å². The molecule has 2 aromatic carbocycles. The van der Waals surface area contributed by atoms with Crippen LogP contribution in [0.5, 0.6) is 5.75 Å². The lowest BCUT2D eigenvalue weighted by Gasteiger charge is -2.21. The standard InChI is InChI=1S/C21H28N4O/c1-3-16-8-10-18(11-9-16)24-21(22)23-14-17-12-13-25(15-17)19-6-4-5-7-20(19)26-2/h4-11,17H,3,12-15H2,1-2H3,(H3,22,23,24). The number of aryl methyl sites for hydroxylation is 1. The summed E-state index contributed by atoms with van der Waals surface area (Å²) in [5.41, 5.74) is 9.50. The van der Waals surface area contributed by atoms with Gasteiger partial charge in [-0.2, -0.15) is 0 Å². The van der Waals surface area contributed by atoms with Crippen molar-refractivity contribution in [2.45, 2.75) is 19.8 Å². The lowest BCUT2D eigenvalue weighted by atomic mass is 10.1. The van der Waals surface area contributed by atoms with Crippen molar-refractivity contribution in [2.75, 3.05) is 37.0 Å². The third-order valence-electron chi connectivity index (χ3n) is 4.87. The number of hydrogen-bond acceptors (Lipinski definition) is 3. The normalized spacial score (nSPS) is 17.4. The summed E-state index contributed by atoms with van der Waals surface area (Å²) in [6.07, 6.45) is 2.15. The molecule has 3 rings (SSSR count). The van der Waals surface area contributed by atoms with Crippen molar-refractivity contribution in [3.05, 3.63) is 54.1 Å². The quantitative estimate of drug-likeness (QED) is 0.617. The van der Waals surface area contributed by atoms with Gasteiger partial charge in [-0.25, -0.2) is 0 Å². The van der Waals surface area contributed by atoms with Crippen molar-refractivity contribution in [3.8, 4) is 5.75 Å². The van der Waals surface area contributed by atoms with Gasteiger partial charge in [-0.15, -0.1) is 0 Å². The molecule has 0 radical (unpaired) electrons. The summed E-state index contributed by atoms with van der Waals surface area (Å²) in [6, 6.07) is 16.5. The summed E-state index contributed by atoms with van der Waals surface area (Å²) < 4.78 is 5.47. The number of nitrogens with two attached hydrogens (primary N) is 1. The lowest BCUT2D eigenvalue weighted by molar-refractivity contribution is 0.414. The topological polar surface area (TPSA) is 62.9 Å². The molecule has 1 aliphatic rings. The number of ether oxygens (including phenoxy) is 1. The van der Waals surface area contributed by atoms with Gasteiger partial charge in [0, 0.05) is 25.3 Å². The minimum absolute atomic E-state index is 0.477. The van der Waals surface area contributed by atoms with E-state index in [2.05, 4.69) is 46.4 Å². The van der Waals surface area contributed by atoms with Crippen molar-refractivity contribution in [3.63, 3.8) is 0 Å². The first-order chi connectivity index (χ1) is 12.7. The highest BCUT2D eigenvalue weighted by Crippen LogP contribution is 2.31. The molecule has 0 saturated carbocycles. The zero-order chi connectivity index (χ0) is 18.4. The Kier molecular flexibility index (Phi) is 6.00. The molecule has 0 spiro atoms. The molecule has 2 aromatic rings. The number of guanidine groups is 1. The van der Waals surface area contributed by atoms with Crippen LogP contribution < -0.4 is 20.7 Å². The average molecular weight is 352 g/mol. The third-order valence-corrected chi connectivity index (χ3v) is 4.87. The number of aliphatic imine (C=N–C) groups is 1. The molecule has 1 unspecified atom stereocenters. The number of hydrogen-bond donors (Lipinski definition) is 2. The summed E-state index contributed by atoms with van der Waals surface area (Å²) >= 11 is 0. The molecule has 138 valence electrons. The van der Waals surface area contributed by atoms with E-state index in [9.17, 15) is 0 Å². The zero-order valence-corrected chi connectivity index (χ0v) is 15.6. The van der Waals surface area contributed by atoms with Crippen LogP contribution in [0.15, 0.2) is 53.5 Å². The Balaban J connectivity index is 1.53. The van der Waals surface area contributed by atoms with Gasteiger partial charge in [-0.3, -0.25) is 4.99 Å². The average Bonchev–Trinajstić information content (AvgIpc) is 3.16. The molecule has 0 amide bonds. The molecule has 0 aliphatic carbocycles. The number of nitrogens with zero attached hydrogens (tertiary/aromatic N) is 2. The second kappa shape index (κ2) is 8.61. The summed E-state index contributed by atoms with van der Waals surface area (Å²) in [6.45, 7) is 4.88. The van der Waals surface area contributed by atoms with Gasteiger partial charge in [0.05, 0.1) is 12.8 Å². The Bertz CT molecular complexity index is 742. The fraction of sp³-hybridized carbons (Fsp3) is 0.381. The Labute approximate surface area is 155 Å². The van der Waals surface area contributed by atoms with Crippen LogP contribution >= 0.6 is 0 Å². The Morgan fingerprint density at radius 3 is 2.73 bits per heavy atom. The second-order valence-electron chi connectivity index (χ2n) is 6.67. The molecule has 1 saturated heterocycles. The van der Waals surface area contributed by atoms with Crippen LogP contribution in [0, 0.1) is 5.92 Å². The zero-order valence-electron chi connectivity index (χ0n) is 15.6. The molecule has 1 atom stereocenters. The molecular weight excluding hydrogens is 324 g/mol. The van der Waals surface area contributed by atoms with Crippen LogP contribution in [-0.2, 0) is 6.42 Å². The van der Waals surface area contributed by atoms with Crippen molar-refractivity contribution in [1.29, 1.82) is 0 Å². The van der Waals surface area contributed by atoms with Gasteiger partial charge in [0.1, 0.15) is 5.75 Å². The van der Waals surface area contributed by atoms with Crippen LogP contribution in [0.4, 0.5) is 11.4 Å². The highest BCUT2D eigenvalue weighted by molar-refractivity contribution is 5.92. The molecule has 5 nitrogen and oxygen atoms in total. The van der Waals surface area contributed by atoms with Gasteiger partial charge in [0.25, 0.3) is 0 Å². The number of para-hydroxylation sites is 2. The fourth-order valence-corrected chi connectivity index (χ4v) is 3.33. The van der Waals surface area contributed by atoms with Crippen molar-refractivity contribution < 1.29 is 4.74 Å². The maximum absolute atomic E-state index is 6.05. The predicted octanol–water partition coefficient (Wildman–Crippen LogP) is 3.51. The SMILES string of the molecule is CCc1ccc(NC(N)=NCC2CCN(c3ccccc3OC)C2)cc1. The molecule has 3 N–H and O–H groups in total. The molecule has 1 aliphatic heterocycles. The largest absolute Gasteiger partial charge is 0.495 e. The molecule has 26 heavy (non-hydrogen) atoms.